The number of ketones is 1. The van der Waals surface area contributed by atoms with Gasteiger partial charge in [-0.25, -0.2) is 15.0 Å². The fraction of sp³-hybridized carbons (Fsp3) is 0.261. The predicted octanol–water partition coefficient (Wildman–Crippen LogP) is 4.49. The normalized spacial score (nSPS) is 11.2. The van der Waals surface area contributed by atoms with Gasteiger partial charge in [0.05, 0.1) is 28.4 Å². The summed E-state index contributed by atoms with van der Waals surface area (Å²) in [6.45, 7) is 6.83. The first-order valence-corrected chi connectivity index (χ1v) is 10.5. The van der Waals surface area contributed by atoms with Crippen LogP contribution in [0.4, 0.5) is 21.7 Å². The minimum atomic E-state index is -0.860. The largest absolute Gasteiger partial charge is 0.369 e. The molecule has 9 heteroatoms. The van der Waals surface area contributed by atoms with Gasteiger partial charge >= 0.3 is 0 Å². The molecular weight excluding hydrogens is 409 g/mol. The number of pyridine rings is 2. The Labute approximate surface area is 184 Å². The molecule has 4 heterocycles. The predicted molar refractivity (Wildman–Crippen MR) is 122 cm³/mol. The van der Waals surface area contributed by atoms with Crippen molar-refractivity contribution < 1.29 is 9.18 Å². The molecule has 8 nitrogen and oxygen atoms in total. The van der Waals surface area contributed by atoms with Crippen LogP contribution in [-0.4, -0.2) is 37.2 Å². The van der Waals surface area contributed by atoms with E-state index in [9.17, 15) is 9.18 Å². The molecule has 0 aliphatic rings. The lowest BCUT2D eigenvalue weighted by atomic mass is 10.0. The van der Waals surface area contributed by atoms with Crippen LogP contribution in [0.1, 0.15) is 42.4 Å². The fourth-order valence-electron chi connectivity index (χ4n) is 3.25. The van der Waals surface area contributed by atoms with E-state index in [-0.39, 0.29) is 16.9 Å². The molecule has 3 N–H and O–H groups in total. The number of hydrogen-bond acceptors (Lipinski definition) is 7. The first-order chi connectivity index (χ1) is 15.5. The lowest BCUT2D eigenvalue weighted by Crippen LogP contribution is -2.11. The summed E-state index contributed by atoms with van der Waals surface area (Å²) in [5.41, 5.74) is 2.30. The van der Waals surface area contributed by atoms with Gasteiger partial charge in [0.2, 0.25) is 5.95 Å². The molecule has 0 saturated heterocycles. The quantitative estimate of drug-likeness (QED) is 0.277. The minimum Gasteiger partial charge on any atom is -0.369 e. The van der Waals surface area contributed by atoms with E-state index < -0.39 is 11.7 Å². The van der Waals surface area contributed by atoms with Crippen LogP contribution in [0.2, 0.25) is 0 Å². The number of carbonyl (C=O) groups is 1. The van der Waals surface area contributed by atoms with E-state index in [0.29, 0.717) is 35.0 Å². The number of carbonyl (C=O) groups excluding carboxylic acids is 1. The Bertz CT molecular complexity index is 1250. The first kappa shape index (κ1) is 21.4. The summed E-state index contributed by atoms with van der Waals surface area (Å²) in [7, 11) is 0. The van der Waals surface area contributed by atoms with Crippen LogP contribution in [-0.2, 0) is 6.42 Å². The van der Waals surface area contributed by atoms with Gasteiger partial charge in [-0.1, -0.05) is 20.8 Å². The number of aromatic nitrogens is 5. The monoisotopic (exact) mass is 433 g/mol. The van der Waals surface area contributed by atoms with Crippen molar-refractivity contribution in [2.45, 2.75) is 27.2 Å². The molecule has 0 aromatic carbocycles. The maximum Gasteiger partial charge on any atom is 0.226 e. The van der Waals surface area contributed by atoms with Gasteiger partial charge in [-0.05, 0) is 36.6 Å². The summed E-state index contributed by atoms with van der Waals surface area (Å²) >= 11 is 0. The second-order valence-electron chi connectivity index (χ2n) is 7.80. The van der Waals surface area contributed by atoms with Gasteiger partial charge in [-0.3, -0.25) is 9.78 Å². The summed E-state index contributed by atoms with van der Waals surface area (Å²) < 4.78 is 14.8. The van der Waals surface area contributed by atoms with Crippen LogP contribution in [0.25, 0.3) is 11.0 Å². The number of halogens is 1. The van der Waals surface area contributed by atoms with Crippen molar-refractivity contribution in [2.75, 3.05) is 17.2 Å². The Kier molecular flexibility index (Phi) is 6.07. The molecule has 0 atom stereocenters. The number of H-pyrrole nitrogens is 1. The molecule has 0 aliphatic heterocycles. The van der Waals surface area contributed by atoms with Crippen molar-refractivity contribution in [2.24, 2.45) is 5.92 Å². The molecule has 0 spiro atoms. The van der Waals surface area contributed by atoms with Crippen LogP contribution < -0.4 is 10.6 Å². The highest BCUT2D eigenvalue weighted by molar-refractivity contribution is 6.18. The van der Waals surface area contributed by atoms with Crippen LogP contribution in [0, 0.1) is 11.9 Å². The molecule has 4 aromatic rings. The topological polar surface area (TPSA) is 108 Å². The molecule has 164 valence electrons. The summed E-state index contributed by atoms with van der Waals surface area (Å²) in [6.07, 6.45) is 5.43. The SMILES string of the molecule is CCc1ccc(Nc2ccc(C(=O)c3c[nH]c4ncnc(NCC(C)C)c34)c(F)n2)cn1. The van der Waals surface area contributed by atoms with Crippen LogP contribution in [0.15, 0.2) is 43.0 Å². The third-order valence-electron chi connectivity index (χ3n) is 4.94. The summed E-state index contributed by atoms with van der Waals surface area (Å²) in [6, 6.07) is 6.72. The zero-order chi connectivity index (χ0) is 22.7. The highest BCUT2D eigenvalue weighted by Crippen LogP contribution is 2.27. The lowest BCUT2D eigenvalue weighted by molar-refractivity contribution is 0.103. The average Bonchev–Trinajstić information content (AvgIpc) is 3.23. The smallest absolute Gasteiger partial charge is 0.226 e. The molecule has 0 amide bonds. The molecule has 4 aromatic heterocycles. The number of aryl methyl sites for hydroxylation is 1. The van der Waals surface area contributed by atoms with Gasteiger partial charge in [0.1, 0.15) is 23.6 Å². The highest BCUT2D eigenvalue weighted by Gasteiger charge is 2.22. The van der Waals surface area contributed by atoms with Gasteiger partial charge in [-0.2, -0.15) is 4.39 Å². The van der Waals surface area contributed by atoms with E-state index >= 15 is 0 Å². The third kappa shape index (κ3) is 4.41. The molecule has 0 saturated carbocycles. The van der Waals surface area contributed by atoms with E-state index in [2.05, 4.69) is 49.4 Å². The Morgan fingerprint density at radius 2 is 1.97 bits per heavy atom. The molecule has 32 heavy (non-hydrogen) atoms. The Hall–Kier alpha value is -3.88. The van der Waals surface area contributed by atoms with Gasteiger partial charge in [0, 0.05) is 18.4 Å². The third-order valence-corrected chi connectivity index (χ3v) is 4.94. The maximum atomic E-state index is 14.8. The fourth-order valence-corrected chi connectivity index (χ4v) is 3.25. The molecule has 0 fully saturated rings. The van der Waals surface area contributed by atoms with E-state index in [1.807, 2.05) is 19.1 Å². The number of nitrogens with zero attached hydrogens (tertiary/aromatic N) is 4. The second kappa shape index (κ2) is 9.09. The molecule has 0 aliphatic carbocycles. The Morgan fingerprint density at radius 3 is 2.66 bits per heavy atom. The van der Waals surface area contributed by atoms with E-state index in [0.717, 1.165) is 12.1 Å². The number of fused-ring (bicyclic) bond motifs is 1. The van der Waals surface area contributed by atoms with Crippen molar-refractivity contribution in [1.29, 1.82) is 0 Å². The number of aromatic amines is 1. The lowest BCUT2D eigenvalue weighted by Gasteiger charge is -2.10. The maximum absolute atomic E-state index is 14.8. The van der Waals surface area contributed by atoms with Gasteiger partial charge in [-0.15, -0.1) is 0 Å². The molecule has 0 bridgehead atoms. The molecule has 4 rings (SSSR count). The highest BCUT2D eigenvalue weighted by atomic mass is 19.1. The second-order valence-corrected chi connectivity index (χ2v) is 7.80. The van der Waals surface area contributed by atoms with Gasteiger partial charge < -0.3 is 15.6 Å². The van der Waals surface area contributed by atoms with Crippen molar-refractivity contribution in [3.05, 3.63) is 65.8 Å². The number of rotatable bonds is 8. The summed E-state index contributed by atoms with van der Waals surface area (Å²) in [5, 5.41) is 6.76. The summed E-state index contributed by atoms with van der Waals surface area (Å²) in [4.78, 5) is 32.8. The van der Waals surface area contributed by atoms with Crippen LogP contribution in [0.3, 0.4) is 0 Å². The number of hydrogen-bond donors (Lipinski definition) is 3. The zero-order valence-electron chi connectivity index (χ0n) is 18.1. The average molecular weight is 433 g/mol. The number of anilines is 3. The molecular formula is C23H24FN7O. The molecule has 0 radical (unpaired) electrons. The van der Waals surface area contributed by atoms with Crippen molar-refractivity contribution in [3.63, 3.8) is 0 Å². The van der Waals surface area contributed by atoms with Crippen molar-refractivity contribution in [1.82, 2.24) is 24.9 Å². The van der Waals surface area contributed by atoms with Crippen LogP contribution in [0.5, 0.6) is 0 Å². The molecule has 0 unspecified atom stereocenters. The van der Waals surface area contributed by atoms with E-state index in [1.165, 1.54) is 18.6 Å². The van der Waals surface area contributed by atoms with E-state index in [1.54, 1.807) is 12.3 Å². The van der Waals surface area contributed by atoms with Crippen molar-refractivity contribution >= 4 is 34.1 Å². The summed E-state index contributed by atoms with van der Waals surface area (Å²) in [5.74, 6) is -0.159. The minimum absolute atomic E-state index is 0.130. The van der Waals surface area contributed by atoms with Crippen molar-refractivity contribution in [3.8, 4) is 0 Å². The van der Waals surface area contributed by atoms with Crippen LogP contribution >= 0.6 is 0 Å². The van der Waals surface area contributed by atoms with E-state index in [4.69, 9.17) is 0 Å². The number of nitrogens with one attached hydrogen (secondary N) is 3. The Balaban J connectivity index is 1.61. The van der Waals surface area contributed by atoms with Gasteiger partial charge in [0.25, 0.3) is 0 Å². The zero-order valence-corrected chi connectivity index (χ0v) is 18.1. The standard InChI is InChI=1S/C23H24FN7O/c1-4-14-5-6-15(10-25-14)30-18-8-7-16(21(24)31-18)20(32)17-11-27-23-19(17)22(28-12-29-23)26-9-13(2)3/h5-8,10-13H,4,9H2,1-3H3,(H,30,31)(H2,26,27,28,29). The first-order valence-electron chi connectivity index (χ1n) is 10.5. The van der Waals surface area contributed by atoms with Gasteiger partial charge in [0.15, 0.2) is 5.78 Å². The Morgan fingerprint density at radius 1 is 1.12 bits per heavy atom.